The van der Waals surface area contributed by atoms with Gasteiger partial charge in [-0.2, -0.15) is 0 Å². The first kappa shape index (κ1) is 29.2. The summed E-state index contributed by atoms with van der Waals surface area (Å²) in [6.45, 7) is 0. The van der Waals surface area contributed by atoms with Gasteiger partial charge in [-0.05, 0) is 100 Å². The fourth-order valence-electron chi connectivity index (χ4n) is 8.70. The average molecular weight is 691 g/mol. The van der Waals surface area contributed by atoms with Crippen molar-refractivity contribution >= 4 is 82.3 Å². The third kappa shape index (κ3) is 4.12. The van der Waals surface area contributed by atoms with Crippen LogP contribution in [0.4, 0.5) is 17.2 Å². The fraction of sp³-hybridized carbons (Fsp3) is 0. The Morgan fingerprint density at radius 1 is 0.389 bits per heavy atom. The Kier molecular flexibility index (Phi) is 5.99. The van der Waals surface area contributed by atoms with Crippen molar-refractivity contribution in [3.8, 4) is 23.0 Å². The Morgan fingerprint density at radius 3 is 1.78 bits per heavy atom. The lowest BCUT2D eigenvalue weighted by Crippen LogP contribution is -2.17. The van der Waals surface area contributed by atoms with Crippen LogP contribution in [0.5, 0.6) is 11.5 Å². The lowest BCUT2D eigenvalue weighted by molar-refractivity contribution is 0.476. The molecule has 1 aliphatic rings. The molecule has 0 unspecified atom stereocenters. The Morgan fingerprint density at radius 2 is 1.00 bits per heavy atom. The maximum absolute atomic E-state index is 6.33. The summed E-state index contributed by atoms with van der Waals surface area (Å²) in [5.41, 5.74) is 7.63. The molecule has 0 fully saturated rings. The molecule has 1 aliphatic heterocycles. The highest BCUT2D eigenvalue weighted by Gasteiger charge is 2.27. The summed E-state index contributed by atoms with van der Waals surface area (Å²) < 4.78 is 11.1. The van der Waals surface area contributed by atoms with Crippen LogP contribution in [0, 0.1) is 0 Å². The van der Waals surface area contributed by atoms with E-state index in [1.165, 1.54) is 54.1 Å². The van der Waals surface area contributed by atoms with Crippen LogP contribution in [0.25, 0.3) is 76.7 Å². The van der Waals surface area contributed by atoms with Crippen molar-refractivity contribution in [2.24, 2.45) is 0 Å². The fourth-order valence-corrected chi connectivity index (χ4v) is 8.70. The molecule has 0 N–H and O–H groups in total. The first-order chi connectivity index (χ1) is 26.8. The second-order valence-electron chi connectivity index (χ2n) is 14.0. The van der Waals surface area contributed by atoms with Gasteiger partial charge in [-0.25, -0.2) is 4.98 Å². The van der Waals surface area contributed by atoms with E-state index in [-0.39, 0.29) is 0 Å². The standard InChI is InChI=1S/C49H30N4O/c1-2-13-32-29-34-30-35(25-24-33(34)28-31(32)12-1)51-39-16-5-3-14-36(39)37-26-27-43-48(49(37)51)38-15-4-6-17-40(38)52(43)46-22-11-23-47(50-46)53-41-18-7-9-20-44(41)54-45-21-10-8-19-42(45)53/h1-30H. The van der Waals surface area contributed by atoms with E-state index in [9.17, 15) is 0 Å². The van der Waals surface area contributed by atoms with Crippen LogP contribution in [-0.2, 0) is 0 Å². The predicted molar refractivity (Wildman–Crippen MR) is 223 cm³/mol. The van der Waals surface area contributed by atoms with Gasteiger partial charge in [0.2, 0.25) is 0 Å². The molecule has 4 heterocycles. The van der Waals surface area contributed by atoms with E-state index < -0.39 is 0 Å². The maximum atomic E-state index is 6.33. The van der Waals surface area contributed by atoms with Gasteiger partial charge in [-0.15, -0.1) is 0 Å². The lowest BCUT2D eigenvalue weighted by Gasteiger charge is -2.32. The predicted octanol–water partition coefficient (Wildman–Crippen LogP) is 13.2. The van der Waals surface area contributed by atoms with E-state index in [2.05, 4.69) is 160 Å². The molecule has 12 rings (SSSR count). The number of para-hydroxylation sites is 6. The van der Waals surface area contributed by atoms with E-state index in [0.29, 0.717) is 0 Å². The highest BCUT2D eigenvalue weighted by atomic mass is 16.5. The van der Waals surface area contributed by atoms with Crippen LogP contribution >= 0.6 is 0 Å². The SMILES string of the molecule is c1cc(N2c3ccccc3Oc3ccccc32)nc(-n2c3ccccc3c3c2ccc2c4ccccc4n(-c4ccc5cc6ccccc6cc5c4)c23)c1. The summed E-state index contributed by atoms with van der Waals surface area (Å²) in [7, 11) is 0. The molecule has 0 radical (unpaired) electrons. The summed E-state index contributed by atoms with van der Waals surface area (Å²) in [6, 6.07) is 64.7. The molecule has 0 spiro atoms. The Bertz CT molecular complexity index is 3290. The molecule has 0 aliphatic carbocycles. The molecular weight excluding hydrogens is 661 g/mol. The molecule has 5 heteroatoms. The van der Waals surface area contributed by atoms with Crippen LogP contribution in [0.2, 0.25) is 0 Å². The largest absolute Gasteiger partial charge is 0.453 e. The second-order valence-corrected chi connectivity index (χ2v) is 14.0. The molecule has 0 atom stereocenters. The zero-order valence-electron chi connectivity index (χ0n) is 29.0. The number of nitrogens with zero attached hydrogens (tertiary/aromatic N) is 4. The number of anilines is 3. The van der Waals surface area contributed by atoms with E-state index in [1.807, 2.05) is 36.4 Å². The van der Waals surface area contributed by atoms with Gasteiger partial charge in [0.1, 0.15) is 11.6 Å². The van der Waals surface area contributed by atoms with E-state index >= 15 is 0 Å². The number of benzene rings is 8. The number of rotatable bonds is 3. The van der Waals surface area contributed by atoms with Gasteiger partial charge in [0.05, 0.1) is 33.4 Å². The number of hydrogen-bond acceptors (Lipinski definition) is 3. The number of aromatic nitrogens is 3. The molecule has 11 aromatic rings. The van der Waals surface area contributed by atoms with E-state index in [1.54, 1.807) is 0 Å². The van der Waals surface area contributed by atoms with Gasteiger partial charge in [-0.1, -0.05) is 103 Å². The summed E-state index contributed by atoms with van der Waals surface area (Å²) in [4.78, 5) is 7.62. The van der Waals surface area contributed by atoms with Crippen molar-refractivity contribution in [3.05, 3.63) is 182 Å². The second kappa shape index (κ2) is 11.1. The van der Waals surface area contributed by atoms with Gasteiger partial charge in [0, 0.05) is 27.2 Å². The minimum absolute atomic E-state index is 0.803. The Balaban J connectivity index is 1.13. The highest BCUT2D eigenvalue weighted by molar-refractivity contribution is 6.26. The summed E-state index contributed by atoms with van der Waals surface area (Å²) in [5.74, 6) is 3.27. The van der Waals surface area contributed by atoms with Crippen molar-refractivity contribution in [1.82, 2.24) is 14.1 Å². The number of fused-ring (bicyclic) bond motifs is 11. The van der Waals surface area contributed by atoms with Crippen molar-refractivity contribution in [2.75, 3.05) is 4.90 Å². The van der Waals surface area contributed by atoms with Crippen molar-refractivity contribution < 1.29 is 4.74 Å². The molecule has 3 aromatic heterocycles. The van der Waals surface area contributed by atoms with Crippen molar-refractivity contribution in [1.29, 1.82) is 0 Å². The number of pyridine rings is 1. The number of ether oxygens (including phenoxy) is 1. The van der Waals surface area contributed by atoms with Gasteiger partial charge in [0.25, 0.3) is 0 Å². The number of hydrogen-bond donors (Lipinski definition) is 0. The molecular formula is C49H30N4O. The van der Waals surface area contributed by atoms with E-state index in [0.717, 1.165) is 51.2 Å². The normalized spacial score (nSPS) is 12.6. The minimum atomic E-state index is 0.803. The van der Waals surface area contributed by atoms with E-state index in [4.69, 9.17) is 9.72 Å². The van der Waals surface area contributed by atoms with Crippen molar-refractivity contribution in [2.45, 2.75) is 0 Å². The third-order valence-corrected chi connectivity index (χ3v) is 11.0. The zero-order chi connectivity index (χ0) is 35.3. The summed E-state index contributed by atoms with van der Waals surface area (Å²) in [6.07, 6.45) is 0. The van der Waals surface area contributed by atoms with Crippen LogP contribution in [-0.4, -0.2) is 14.1 Å². The minimum Gasteiger partial charge on any atom is -0.453 e. The molecule has 0 saturated heterocycles. The third-order valence-electron chi connectivity index (χ3n) is 11.0. The molecule has 5 nitrogen and oxygen atoms in total. The summed E-state index contributed by atoms with van der Waals surface area (Å²) >= 11 is 0. The van der Waals surface area contributed by atoms with Crippen LogP contribution < -0.4 is 9.64 Å². The molecule has 0 saturated carbocycles. The monoisotopic (exact) mass is 690 g/mol. The molecule has 8 aromatic carbocycles. The molecule has 0 amide bonds. The van der Waals surface area contributed by atoms with Gasteiger partial charge in [-0.3, -0.25) is 9.47 Å². The average Bonchev–Trinajstić information content (AvgIpc) is 3.75. The highest BCUT2D eigenvalue weighted by Crippen LogP contribution is 2.50. The van der Waals surface area contributed by atoms with Crippen LogP contribution in [0.15, 0.2) is 182 Å². The molecule has 54 heavy (non-hydrogen) atoms. The summed E-state index contributed by atoms with van der Waals surface area (Å²) in [5, 5.41) is 9.79. The van der Waals surface area contributed by atoms with Gasteiger partial charge in [0.15, 0.2) is 11.5 Å². The van der Waals surface area contributed by atoms with Crippen molar-refractivity contribution in [3.63, 3.8) is 0 Å². The first-order valence-electron chi connectivity index (χ1n) is 18.3. The zero-order valence-corrected chi connectivity index (χ0v) is 29.0. The first-order valence-corrected chi connectivity index (χ1v) is 18.3. The van der Waals surface area contributed by atoms with Crippen LogP contribution in [0.3, 0.4) is 0 Å². The smallest absolute Gasteiger partial charge is 0.151 e. The van der Waals surface area contributed by atoms with Gasteiger partial charge < -0.3 is 9.30 Å². The Hall–Kier alpha value is -7.37. The van der Waals surface area contributed by atoms with Gasteiger partial charge >= 0.3 is 0 Å². The lowest BCUT2D eigenvalue weighted by atomic mass is 10.0. The quantitative estimate of drug-likeness (QED) is 0.173. The topological polar surface area (TPSA) is 35.2 Å². The van der Waals surface area contributed by atoms with Crippen LogP contribution in [0.1, 0.15) is 0 Å². The molecule has 0 bridgehead atoms. The maximum Gasteiger partial charge on any atom is 0.151 e. The molecule has 252 valence electrons. The Labute approximate surface area is 310 Å².